The van der Waals surface area contributed by atoms with Gasteiger partial charge in [-0.3, -0.25) is 4.79 Å². The Labute approximate surface area is 171 Å². The lowest BCUT2D eigenvalue weighted by Gasteiger charge is -2.10. The van der Waals surface area contributed by atoms with E-state index in [-0.39, 0.29) is 11.7 Å². The molecule has 1 heterocycles. The van der Waals surface area contributed by atoms with Crippen LogP contribution in [-0.4, -0.2) is 26.4 Å². The second-order valence-electron chi connectivity index (χ2n) is 6.21. The topological polar surface area (TPSA) is 59.8 Å². The van der Waals surface area contributed by atoms with E-state index >= 15 is 0 Å². The van der Waals surface area contributed by atoms with E-state index in [4.69, 9.17) is 0 Å². The number of benzene rings is 2. The maximum absolute atomic E-state index is 12.3. The highest BCUT2D eigenvalue weighted by atomic mass is 79.9. The van der Waals surface area contributed by atoms with E-state index in [0.717, 1.165) is 38.8 Å². The number of aryl methyl sites for hydroxylation is 2. The van der Waals surface area contributed by atoms with Crippen LogP contribution in [0.15, 0.2) is 52.1 Å². The number of nitrogens with one attached hydrogen (secondary N) is 1. The van der Waals surface area contributed by atoms with Crippen LogP contribution in [0.1, 0.15) is 18.1 Å². The number of halogens is 1. The Hall–Kier alpha value is -2.12. The van der Waals surface area contributed by atoms with Crippen molar-refractivity contribution >= 4 is 39.3 Å². The van der Waals surface area contributed by atoms with E-state index in [2.05, 4.69) is 37.5 Å². The van der Waals surface area contributed by atoms with Crippen molar-refractivity contribution in [2.24, 2.45) is 0 Å². The summed E-state index contributed by atoms with van der Waals surface area (Å²) in [5.74, 6) is 1.04. The number of aromatic nitrogens is 3. The van der Waals surface area contributed by atoms with Gasteiger partial charge in [-0.2, -0.15) is 0 Å². The minimum Gasteiger partial charge on any atom is -0.325 e. The summed E-state index contributed by atoms with van der Waals surface area (Å²) in [6.45, 7) is 6.81. The first-order chi connectivity index (χ1) is 13.0. The Morgan fingerprint density at radius 3 is 2.56 bits per heavy atom. The van der Waals surface area contributed by atoms with Gasteiger partial charge in [0.25, 0.3) is 0 Å². The molecule has 3 aromatic rings. The first-order valence-electron chi connectivity index (χ1n) is 8.67. The average molecular weight is 445 g/mol. The fourth-order valence-corrected chi connectivity index (χ4v) is 3.83. The zero-order valence-electron chi connectivity index (χ0n) is 15.5. The van der Waals surface area contributed by atoms with Gasteiger partial charge in [0, 0.05) is 22.3 Å². The minimum absolute atomic E-state index is 0.0530. The van der Waals surface area contributed by atoms with Crippen LogP contribution in [0.2, 0.25) is 0 Å². The molecule has 0 saturated heterocycles. The first kappa shape index (κ1) is 19.6. The molecule has 5 nitrogen and oxygen atoms in total. The second-order valence-corrected chi connectivity index (χ2v) is 8.07. The molecule has 0 fully saturated rings. The van der Waals surface area contributed by atoms with Gasteiger partial charge in [0.05, 0.1) is 5.75 Å². The Morgan fingerprint density at radius 2 is 1.89 bits per heavy atom. The Bertz CT molecular complexity index is 953. The molecule has 0 spiro atoms. The van der Waals surface area contributed by atoms with Gasteiger partial charge in [-0.1, -0.05) is 57.5 Å². The molecule has 0 radical (unpaired) electrons. The lowest BCUT2D eigenvalue weighted by atomic mass is 10.1. The highest BCUT2D eigenvalue weighted by molar-refractivity contribution is 9.10. The lowest BCUT2D eigenvalue weighted by Crippen LogP contribution is -2.15. The molecule has 0 saturated carbocycles. The summed E-state index contributed by atoms with van der Waals surface area (Å²) in [6.07, 6.45) is 0. The molecule has 0 aliphatic carbocycles. The summed E-state index contributed by atoms with van der Waals surface area (Å²) in [5.41, 5.74) is 4.08. The molecule has 2 aromatic carbocycles. The molecule has 140 valence electrons. The molecule has 0 atom stereocenters. The number of anilines is 1. The summed E-state index contributed by atoms with van der Waals surface area (Å²) >= 11 is 4.84. The third kappa shape index (κ3) is 4.78. The van der Waals surface area contributed by atoms with Crippen molar-refractivity contribution in [3.63, 3.8) is 0 Å². The lowest BCUT2D eigenvalue weighted by molar-refractivity contribution is -0.113. The zero-order valence-corrected chi connectivity index (χ0v) is 17.9. The number of hydrogen-bond donors (Lipinski definition) is 1. The van der Waals surface area contributed by atoms with Crippen molar-refractivity contribution < 1.29 is 4.79 Å². The Balaban J connectivity index is 1.69. The minimum atomic E-state index is -0.0530. The smallest absolute Gasteiger partial charge is 0.234 e. The molecule has 0 unspecified atom stereocenters. The molecule has 27 heavy (non-hydrogen) atoms. The van der Waals surface area contributed by atoms with Crippen LogP contribution in [0.4, 0.5) is 5.69 Å². The van der Waals surface area contributed by atoms with Crippen molar-refractivity contribution in [3.05, 3.63) is 58.1 Å². The van der Waals surface area contributed by atoms with E-state index < -0.39 is 0 Å². The van der Waals surface area contributed by atoms with Crippen LogP contribution in [0.25, 0.3) is 11.4 Å². The SMILES string of the molecule is CCn1c(SCC(=O)Nc2ccc(C)cc2C)nnc1-c1ccc(Br)cc1. The van der Waals surface area contributed by atoms with Gasteiger partial charge in [0.2, 0.25) is 5.91 Å². The Morgan fingerprint density at radius 1 is 1.15 bits per heavy atom. The van der Waals surface area contributed by atoms with Crippen LogP contribution in [-0.2, 0) is 11.3 Å². The van der Waals surface area contributed by atoms with Crippen molar-refractivity contribution in [1.29, 1.82) is 0 Å². The molecule has 1 aromatic heterocycles. The largest absolute Gasteiger partial charge is 0.325 e. The average Bonchev–Trinajstić information content (AvgIpc) is 3.06. The predicted molar refractivity (Wildman–Crippen MR) is 114 cm³/mol. The standard InChI is InChI=1S/C20H21BrN4OS/c1-4-25-19(15-6-8-16(21)9-7-15)23-24-20(25)27-12-18(26)22-17-10-5-13(2)11-14(17)3/h5-11H,4,12H2,1-3H3,(H,22,26). The van der Waals surface area contributed by atoms with Crippen molar-refractivity contribution in [3.8, 4) is 11.4 Å². The number of rotatable bonds is 6. The van der Waals surface area contributed by atoms with Crippen LogP contribution < -0.4 is 5.32 Å². The van der Waals surface area contributed by atoms with Crippen molar-refractivity contribution in [2.75, 3.05) is 11.1 Å². The first-order valence-corrected chi connectivity index (χ1v) is 10.4. The predicted octanol–water partition coefficient (Wildman–Crippen LogP) is 5.08. The summed E-state index contributed by atoms with van der Waals surface area (Å²) in [7, 11) is 0. The number of thioether (sulfide) groups is 1. The fraction of sp³-hybridized carbons (Fsp3) is 0.250. The molecule has 1 N–H and O–H groups in total. The molecule has 0 bridgehead atoms. The third-order valence-corrected chi connectivity index (χ3v) is 5.62. The molecule has 0 aliphatic heterocycles. The highest BCUT2D eigenvalue weighted by Gasteiger charge is 2.15. The van der Waals surface area contributed by atoms with E-state index in [1.807, 2.05) is 61.7 Å². The molecule has 0 aliphatic rings. The zero-order chi connectivity index (χ0) is 19.4. The van der Waals surface area contributed by atoms with E-state index in [9.17, 15) is 4.79 Å². The summed E-state index contributed by atoms with van der Waals surface area (Å²) in [5, 5.41) is 12.3. The van der Waals surface area contributed by atoms with Crippen LogP contribution >= 0.6 is 27.7 Å². The maximum atomic E-state index is 12.3. The third-order valence-electron chi connectivity index (χ3n) is 4.12. The van der Waals surface area contributed by atoms with Crippen LogP contribution in [0, 0.1) is 13.8 Å². The van der Waals surface area contributed by atoms with Gasteiger partial charge in [-0.15, -0.1) is 10.2 Å². The number of carbonyl (C=O) groups is 1. The van der Waals surface area contributed by atoms with Crippen LogP contribution in [0.3, 0.4) is 0 Å². The molecule has 7 heteroatoms. The van der Waals surface area contributed by atoms with Gasteiger partial charge in [0.15, 0.2) is 11.0 Å². The van der Waals surface area contributed by atoms with Gasteiger partial charge >= 0.3 is 0 Å². The summed E-state index contributed by atoms with van der Waals surface area (Å²) < 4.78 is 3.05. The van der Waals surface area contributed by atoms with Gasteiger partial charge in [-0.05, 0) is 44.5 Å². The highest BCUT2D eigenvalue weighted by Crippen LogP contribution is 2.25. The van der Waals surface area contributed by atoms with Crippen molar-refractivity contribution in [2.45, 2.75) is 32.5 Å². The van der Waals surface area contributed by atoms with E-state index in [1.165, 1.54) is 17.3 Å². The van der Waals surface area contributed by atoms with Gasteiger partial charge < -0.3 is 9.88 Å². The van der Waals surface area contributed by atoms with Crippen molar-refractivity contribution in [1.82, 2.24) is 14.8 Å². The number of amides is 1. The Kier molecular flexibility index (Phi) is 6.34. The maximum Gasteiger partial charge on any atom is 0.234 e. The summed E-state index contributed by atoms with van der Waals surface area (Å²) in [6, 6.07) is 14.0. The summed E-state index contributed by atoms with van der Waals surface area (Å²) in [4.78, 5) is 12.3. The second kappa shape index (κ2) is 8.71. The van der Waals surface area contributed by atoms with Gasteiger partial charge in [0.1, 0.15) is 0 Å². The van der Waals surface area contributed by atoms with E-state index in [1.54, 1.807) is 0 Å². The number of nitrogens with zero attached hydrogens (tertiary/aromatic N) is 3. The molecular formula is C20H21BrN4OS. The van der Waals surface area contributed by atoms with Crippen LogP contribution in [0.5, 0.6) is 0 Å². The number of hydrogen-bond acceptors (Lipinski definition) is 4. The van der Waals surface area contributed by atoms with Gasteiger partial charge in [-0.25, -0.2) is 0 Å². The number of carbonyl (C=O) groups excluding carboxylic acids is 1. The quantitative estimate of drug-likeness (QED) is 0.538. The fourth-order valence-electron chi connectivity index (χ4n) is 2.76. The molecule has 3 rings (SSSR count). The molecular weight excluding hydrogens is 424 g/mol. The normalized spacial score (nSPS) is 10.8. The van der Waals surface area contributed by atoms with E-state index in [0.29, 0.717) is 0 Å². The molecule has 1 amide bonds. The monoisotopic (exact) mass is 444 g/mol.